The maximum absolute atomic E-state index is 13.3. The Morgan fingerprint density at radius 2 is 1.97 bits per heavy atom. The van der Waals surface area contributed by atoms with Crippen LogP contribution in [0, 0.1) is 34.3 Å². The van der Waals surface area contributed by atoms with Gasteiger partial charge in [-0.2, -0.15) is 9.78 Å². The summed E-state index contributed by atoms with van der Waals surface area (Å²) in [5, 5.41) is 24.1. The molecule has 2 unspecified atom stereocenters. The van der Waals surface area contributed by atoms with Crippen LogP contribution in [0.4, 0.5) is 11.6 Å². The van der Waals surface area contributed by atoms with Crippen molar-refractivity contribution < 1.29 is 9.72 Å². The van der Waals surface area contributed by atoms with Crippen molar-refractivity contribution in [3.8, 4) is 0 Å². The van der Waals surface area contributed by atoms with Crippen LogP contribution >= 0.6 is 27.5 Å². The summed E-state index contributed by atoms with van der Waals surface area (Å²) in [5.74, 6) is 1.37. The number of anilines is 1. The number of nitrogens with one attached hydrogen (secondary N) is 1. The van der Waals surface area contributed by atoms with E-state index in [1.807, 2.05) is 46.6 Å². The molecule has 1 amide bonds. The quantitative estimate of drug-likeness (QED) is 0.266. The Kier molecular flexibility index (Phi) is 5.95. The second-order valence-corrected chi connectivity index (χ2v) is 12.6. The van der Waals surface area contributed by atoms with E-state index in [1.54, 1.807) is 6.20 Å². The lowest BCUT2D eigenvalue weighted by Gasteiger charge is -2.61. The number of nitro groups is 1. The molecule has 4 saturated carbocycles. The molecule has 1 N–H and O–H groups in total. The van der Waals surface area contributed by atoms with Crippen LogP contribution in [0.2, 0.25) is 5.02 Å². The number of carbonyl (C=O) groups is 1. The van der Waals surface area contributed by atoms with Gasteiger partial charge in [0.15, 0.2) is 5.82 Å². The number of aryl methyl sites for hydroxylation is 1. The average Bonchev–Trinajstić information content (AvgIpc) is 3.36. The molecule has 3 aromatic rings. The summed E-state index contributed by atoms with van der Waals surface area (Å²) in [6.07, 6.45) is 8.11. The SMILES string of the molecule is Cc1cc(NC(=O)CC23CC4CC(C2)CC(n2cc(Br)c([N+](=O)[O-])n2)(C4)C3)nn1Cc1ccccc1Cl. The minimum atomic E-state index is -0.447. The van der Waals surface area contributed by atoms with Crippen molar-refractivity contribution in [3.63, 3.8) is 0 Å². The monoisotopic (exact) mass is 586 g/mol. The molecule has 0 aliphatic heterocycles. The molecule has 0 spiro atoms. The molecule has 7 rings (SSSR count). The van der Waals surface area contributed by atoms with Crippen LogP contribution in [0.3, 0.4) is 0 Å². The third-order valence-corrected chi connectivity index (χ3v) is 9.45. The maximum atomic E-state index is 13.3. The predicted molar refractivity (Wildman–Crippen MR) is 142 cm³/mol. The molecule has 11 heteroatoms. The number of halogens is 2. The fourth-order valence-electron chi connectivity index (χ4n) is 7.63. The lowest BCUT2D eigenvalue weighted by atomic mass is 9.46. The van der Waals surface area contributed by atoms with Gasteiger partial charge in [-0.05, 0) is 95.2 Å². The third kappa shape index (κ3) is 4.48. The minimum Gasteiger partial charge on any atom is -0.358 e. The highest BCUT2D eigenvalue weighted by molar-refractivity contribution is 9.10. The van der Waals surface area contributed by atoms with Crippen molar-refractivity contribution in [1.29, 1.82) is 0 Å². The van der Waals surface area contributed by atoms with Gasteiger partial charge in [-0.15, -0.1) is 0 Å². The van der Waals surface area contributed by atoms with E-state index in [4.69, 9.17) is 11.6 Å². The number of aromatic nitrogens is 4. The number of nitrogens with zero attached hydrogens (tertiary/aromatic N) is 5. The van der Waals surface area contributed by atoms with E-state index in [-0.39, 0.29) is 22.7 Å². The first-order valence-electron chi connectivity index (χ1n) is 12.6. The summed E-state index contributed by atoms with van der Waals surface area (Å²) in [4.78, 5) is 24.3. The van der Waals surface area contributed by atoms with Crippen molar-refractivity contribution in [2.75, 3.05) is 5.32 Å². The van der Waals surface area contributed by atoms with Gasteiger partial charge in [0.1, 0.15) is 4.47 Å². The average molecular weight is 588 g/mol. The van der Waals surface area contributed by atoms with Gasteiger partial charge in [0, 0.05) is 23.2 Å². The number of amides is 1. The summed E-state index contributed by atoms with van der Waals surface area (Å²) >= 11 is 9.63. The zero-order valence-electron chi connectivity index (χ0n) is 20.5. The van der Waals surface area contributed by atoms with Gasteiger partial charge < -0.3 is 15.4 Å². The Morgan fingerprint density at radius 1 is 1.24 bits per heavy atom. The zero-order valence-corrected chi connectivity index (χ0v) is 22.8. The highest BCUT2D eigenvalue weighted by Gasteiger charge is 2.60. The number of rotatable bonds is 7. The largest absolute Gasteiger partial charge is 0.404 e. The highest BCUT2D eigenvalue weighted by Crippen LogP contribution is 2.65. The van der Waals surface area contributed by atoms with Crippen LogP contribution in [0.5, 0.6) is 0 Å². The van der Waals surface area contributed by atoms with Gasteiger partial charge in [0.05, 0.1) is 23.4 Å². The maximum Gasteiger partial charge on any atom is 0.404 e. The molecule has 2 heterocycles. The van der Waals surface area contributed by atoms with E-state index >= 15 is 0 Å². The topological polar surface area (TPSA) is 108 Å². The van der Waals surface area contributed by atoms with Gasteiger partial charge in [0.2, 0.25) is 5.91 Å². The smallest absolute Gasteiger partial charge is 0.358 e. The normalized spacial score (nSPS) is 28.0. The van der Waals surface area contributed by atoms with Gasteiger partial charge in [-0.3, -0.25) is 9.48 Å². The molecular weight excluding hydrogens is 560 g/mol. The van der Waals surface area contributed by atoms with Crippen LogP contribution in [0.1, 0.15) is 56.2 Å². The fourth-order valence-corrected chi connectivity index (χ4v) is 8.25. The van der Waals surface area contributed by atoms with E-state index in [1.165, 1.54) is 6.42 Å². The third-order valence-electron chi connectivity index (χ3n) is 8.52. The molecule has 37 heavy (non-hydrogen) atoms. The molecule has 9 nitrogen and oxygen atoms in total. The first-order chi connectivity index (χ1) is 17.6. The van der Waals surface area contributed by atoms with Crippen LogP contribution in [-0.4, -0.2) is 30.4 Å². The van der Waals surface area contributed by atoms with Gasteiger partial charge in [0.25, 0.3) is 0 Å². The Bertz CT molecular complexity index is 1390. The van der Waals surface area contributed by atoms with Gasteiger partial charge in [-0.25, -0.2) is 0 Å². The highest BCUT2D eigenvalue weighted by atomic mass is 79.9. The van der Waals surface area contributed by atoms with Gasteiger partial charge >= 0.3 is 5.82 Å². The number of hydrogen-bond donors (Lipinski definition) is 1. The van der Waals surface area contributed by atoms with Crippen molar-refractivity contribution in [2.45, 2.75) is 64.0 Å². The molecule has 1 aromatic carbocycles. The second-order valence-electron chi connectivity index (χ2n) is 11.3. The lowest BCUT2D eigenvalue weighted by Crippen LogP contribution is -2.57. The molecule has 2 aromatic heterocycles. The number of hydrogen-bond acceptors (Lipinski definition) is 5. The zero-order chi connectivity index (χ0) is 25.9. The fraction of sp³-hybridized carbons (Fsp3) is 0.500. The van der Waals surface area contributed by atoms with Crippen molar-refractivity contribution >= 4 is 45.1 Å². The molecule has 194 valence electrons. The first kappa shape index (κ1) is 24.6. The van der Waals surface area contributed by atoms with E-state index in [0.717, 1.165) is 43.4 Å². The van der Waals surface area contributed by atoms with Crippen LogP contribution in [0.15, 0.2) is 41.0 Å². The molecule has 4 aliphatic carbocycles. The molecular formula is C26H28BrClN6O3. The van der Waals surface area contributed by atoms with Crippen LogP contribution in [0.25, 0.3) is 0 Å². The standard InChI is InChI=1S/C26H28BrClN6O3/c1-16-6-22(30-32(16)13-19-4-2-3-5-21(19)28)29-23(35)12-25-8-17-7-18(9-25)11-26(10-17,15-25)33-14-20(27)24(31-33)34(36)37/h2-6,14,17-18H,7-13,15H2,1H3,(H,29,30,35). The summed E-state index contributed by atoms with van der Waals surface area (Å²) in [6.45, 7) is 2.49. The Morgan fingerprint density at radius 3 is 2.65 bits per heavy atom. The Labute approximate surface area is 227 Å². The Balaban J connectivity index is 1.19. The van der Waals surface area contributed by atoms with Crippen LogP contribution < -0.4 is 5.32 Å². The van der Waals surface area contributed by atoms with Crippen molar-refractivity contribution in [2.24, 2.45) is 17.3 Å². The molecule has 4 bridgehead atoms. The lowest BCUT2D eigenvalue weighted by molar-refractivity contribution is -0.390. The van der Waals surface area contributed by atoms with Crippen molar-refractivity contribution in [3.05, 3.63) is 67.4 Å². The Hall–Kier alpha value is -2.72. The summed E-state index contributed by atoms with van der Waals surface area (Å²) < 4.78 is 4.08. The van der Waals surface area contributed by atoms with Crippen molar-refractivity contribution in [1.82, 2.24) is 19.6 Å². The van der Waals surface area contributed by atoms with Gasteiger partial charge in [-0.1, -0.05) is 29.8 Å². The second kappa shape index (κ2) is 8.94. The van der Waals surface area contributed by atoms with E-state index in [0.29, 0.717) is 40.1 Å². The van der Waals surface area contributed by atoms with E-state index in [9.17, 15) is 14.9 Å². The summed E-state index contributed by atoms with van der Waals surface area (Å²) in [6, 6.07) is 9.56. The van der Waals surface area contributed by atoms with E-state index in [2.05, 4.69) is 31.4 Å². The minimum absolute atomic E-state index is 0.0351. The number of carbonyl (C=O) groups excluding carboxylic acids is 1. The number of benzene rings is 1. The molecule has 4 aliphatic rings. The van der Waals surface area contributed by atoms with Crippen LogP contribution in [-0.2, 0) is 16.9 Å². The van der Waals surface area contributed by atoms with E-state index < -0.39 is 4.92 Å². The summed E-state index contributed by atoms with van der Waals surface area (Å²) in [5.41, 5.74) is 1.51. The molecule has 2 atom stereocenters. The molecule has 4 fully saturated rings. The first-order valence-corrected chi connectivity index (χ1v) is 13.8. The summed E-state index contributed by atoms with van der Waals surface area (Å²) in [7, 11) is 0. The predicted octanol–water partition coefficient (Wildman–Crippen LogP) is 6.08. The molecule has 0 radical (unpaired) electrons. The molecule has 0 saturated heterocycles.